The molecule has 0 radical (unpaired) electrons. The molecule has 0 bridgehead atoms. The van der Waals surface area contributed by atoms with Crippen molar-refractivity contribution in [3.05, 3.63) is 113 Å². The molecule has 182 valence electrons. The highest BCUT2D eigenvalue weighted by molar-refractivity contribution is 6.39. The number of nitrogens with zero attached hydrogens (tertiary/aromatic N) is 1. The lowest BCUT2D eigenvalue weighted by Gasteiger charge is -2.26. The van der Waals surface area contributed by atoms with Crippen molar-refractivity contribution in [2.75, 3.05) is 4.90 Å². The first-order valence-electron chi connectivity index (χ1n) is 11.4. The van der Waals surface area contributed by atoms with Crippen molar-refractivity contribution >= 4 is 46.4 Å². The molecule has 4 aromatic rings. The van der Waals surface area contributed by atoms with E-state index in [4.69, 9.17) is 9.84 Å². The molecule has 1 fully saturated rings. The first-order valence-corrected chi connectivity index (χ1v) is 11.4. The zero-order valence-corrected chi connectivity index (χ0v) is 19.4. The molecule has 0 aromatic heterocycles. The average molecular weight is 492 g/mol. The van der Waals surface area contributed by atoms with E-state index in [0.29, 0.717) is 11.3 Å². The summed E-state index contributed by atoms with van der Waals surface area (Å²) in [7, 11) is 0. The Hall–Kier alpha value is -5.24. The molecule has 4 amide bonds. The van der Waals surface area contributed by atoms with Crippen LogP contribution >= 0.6 is 0 Å². The van der Waals surface area contributed by atoms with Crippen molar-refractivity contribution in [2.24, 2.45) is 0 Å². The Bertz CT molecular complexity index is 1580. The van der Waals surface area contributed by atoms with Crippen LogP contribution in [0.1, 0.15) is 21.5 Å². The zero-order chi connectivity index (χ0) is 25.9. The Kier molecular flexibility index (Phi) is 6.22. The molecular formula is C29H20N2O6. The van der Waals surface area contributed by atoms with Gasteiger partial charge in [0.15, 0.2) is 0 Å². The molecule has 0 spiro atoms. The molecule has 1 saturated heterocycles. The van der Waals surface area contributed by atoms with Gasteiger partial charge in [-0.3, -0.25) is 14.9 Å². The van der Waals surface area contributed by atoms with Crippen molar-refractivity contribution in [1.29, 1.82) is 0 Å². The van der Waals surface area contributed by atoms with E-state index >= 15 is 0 Å². The molecule has 1 heterocycles. The highest BCUT2D eigenvalue weighted by atomic mass is 16.5. The summed E-state index contributed by atoms with van der Waals surface area (Å²) in [6.07, 6.45) is 1.42. The second kappa shape index (κ2) is 9.79. The van der Waals surface area contributed by atoms with Gasteiger partial charge in [-0.2, -0.15) is 0 Å². The van der Waals surface area contributed by atoms with Crippen LogP contribution in [0.2, 0.25) is 0 Å². The number of imide groups is 2. The van der Waals surface area contributed by atoms with Gasteiger partial charge in [-0.1, -0.05) is 60.7 Å². The number of carbonyl (C=O) groups excluding carboxylic acids is 3. The van der Waals surface area contributed by atoms with E-state index in [-0.39, 0.29) is 23.4 Å². The SMILES string of the molecule is O=C1NC(=O)N(c2ccc(C(=O)O)cc2)C(=O)/C1=C\c1c(OCc2ccccc2)ccc2ccccc12. The van der Waals surface area contributed by atoms with Crippen LogP contribution in [-0.4, -0.2) is 28.9 Å². The van der Waals surface area contributed by atoms with Crippen LogP contribution < -0.4 is 15.0 Å². The summed E-state index contributed by atoms with van der Waals surface area (Å²) in [5.41, 5.74) is 1.33. The van der Waals surface area contributed by atoms with Crippen molar-refractivity contribution in [1.82, 2.24) is 5.32 Å². The van der Waals surface area contributed by atoms with E-state index < -0.39 is 23.8 Å². The predicted molar refractivity (Wildman–Crippen MR) is 137 cm³/mol. The van der Waals surface area contributed by atoms with E-state index in [1.165, 1.54) is 30.3 Å². The largest absolute Gasteiger partial charge is 0.488 e. The first-order chi connectivity index (χ1) is 17.9. The maximum atomic E-state index is 13.4. The summed E-state index contributed by atoms with van der Waals surface area (Å²) in [5, 5.41) is 13.0. The van der Waals surface area contributed by atoms with Gasteiger partial charge in [0.2, 0.25) is 0 Å². The molecule has 0 atom stereocenters. The lowest BCUT2D eigenvalue weighted by atomic mass is 9.99. The van der Waals surface area contributed by atoms with Gasteiger partial charge in [0, 0.05) is 5.56 Å². The molecule has 0 aliphatic carbocycles. The number of hydrogen-bond acceptors (Lipinski definition) is 5. The molecule has 8 heteroatoms. The standard InChI is InChI=1S/C29H20N2O6/c32-26-24(27(33)31(29(36)30-26)21-13-10-20(11-14-21)28(34)35)16-23-22-9-5-4-8-19(22)12-15-25(23)37-17-18-6-2-1-3-7-18/h1-16H,17H2,(H,34,35)(H,30,32,36)/b24-16-. The third-order valence-corrected chi connectivity index (χ3v) is 5.93. The summed E-state index contributed by atoms with van der Waals surface area (Å²) in [6.45, 7) is 0.274. The van der Waals surface area contributed by atoms with Gasteiger partial charge in [-0.05, 0) is 52.7 Å². The topological polar surface area (TPSA) is 113 Å². The van der Waals surface area contributed by atoms with Gasteiger partial charge in [0.05, 0.1) is 11.3 Å². The van der Waals surface area contributed by atoms with Crippen molar-refractivity contribution in [3.8, 4) is 5.75 Å². The van der Waals surface area contributed by atoms with Gasteiger partial charge in [0.25, 0.3) is 11.8 Å². The Morgan fingerprint density at radius 2 is 1.57 bits per heavy atom. The van der Waals surface area contributed by atoms with Gasteiger partial charge >= 0.3 is 12.0 Å². The molecule has 8 nitrogen and oxygen atoms in total. The zero-order valence-electron chi connectivity index (χ0n) is 19.4. The van der Waals surface area contributed by atoms with Crippen LogP contribution in [0.3, 0.4) is 0 Å². The quantitative estimate of drug-likeness (QED) is 0.296. The number of carboxylic acid groups (broad SMARTS) is 1. The minimum Gasteiger partial charge on any atom is -0.488 e. The number of benzene rings is 4. The number of hydrogen-bond donors (Lipinski definition) is 2. The fourth-order valence-electron chi connectivity index (χ4n) is 4.08. The second-order valence-electron chi connectivity index (χ2n) is 8.28. The van der Waals surface area contributed by atoms with Gasteiger partial charge in [-0.15, -0.1) is 0 Å². The number of carboxylic acids is 1. The van der Waals surface area contributed by atoms with Crippen molar-refractivity contribution < 1.29 is 29.0 Å². The van der Waals surface area contributed by atoms with E-state index in [1.54, 1.807) is 6.07 Å². The highest BCUT2D eigenvalue weighted by Crippen LogP contribution is 2.32. The van der Waals surface area contributed by atoms with E-state index in [9.17, 15) is 19.2 Å². The highest BCUT2D eigenvalue weighted by Gasteiger charge is 2.37. The van der Waals surface area contributed by atoms with Crippen molar-refractivity contribution in [3.63, 3.8) is 0 Å². The summed E-state index contributed by atoms with van der Waals surface area (Å²) in [5.74, 6) is -2.35. The van der Waals surface area contributed by atoms with Gasteiger partial charge < -0.3 is 9.84 Å². The molecular weight excluding hydrogens is 472 g/mol. The third kappa shape index (κ3) is 4.68. The van der Waals surface area contributed by atoms with Crippen LogP contribution in [0.5, 0.6) is 5.75 Å². The minimum absolute atomic E-state index is 0.00331. The second-order valence-corrected chi connectivity index (χ2v) is 8.28. The summed E-state index contributed by atoms with van der Waals surface area (Å²) in [4.78, 5) is 50.8. The molecule has 1 aliphatic rings. The van der Waals surface area contributed by atoms with Crippen LogP contribution in [-0.2, 0) is 16.2 Å². The Balaban J connectivity index is 1.56. The molecule has 2 N–H and O–H groups in total. The fraction of sp³-hybridized carbons (Fsp3) is 0.0345. The van der Waals surface area contributed by atoms with E-state index in [1.807, 2.05) is 60.7 Å². The average Bonchev–Trinajstić information content (AvgIpc) is 2.91. The monoisotopic (exact) mass is 492 g/mol. The maximum absolute atomic E-state index is 13.4. The number of fused-ring (bicyclic) bond motifs is 1. The number of ether oxygens (including phenoxy) is 1. The molecule has 5 rings (SSSR count). The number of barbiturate groups is 1. The number of carbonyl (C=O) groups is 4. The number of amides is 4. The summed E-state index contributed by atoms with van der Waals surface area (Å²) in [6, 6.07) is 25.0. The molecule has 4 aromatic carbocycles. The Morgan fingerprint density at radius 1 is 0.865 bits per heavy atom. The third-order valence-electron chi connectivity index (χ3n) is 5.93. The summed E-state index contributed by atoms with van der Waals surface area (Å²) < 4.78 is 6.09. The van der Waals surface area contributed by atoms with Crippen LogP contribution in [0.4, 0.5) is 10.5 Å². The maximum Gasteiger partial charge on any atom is 0.335 e. The van der Waals surface area contributed by atoms with Crippen molar-refractivity contribution in [2.45, 2.75) is 6.61 Å². The molecule has 37 heavy (non-hydrogen) atoms. The Labute approximate surface area is 211 Å². The van der Waals surface area contributed by atoms with Gasteiger partial charge in [0.1, 0.15) is 17.9 Å². The smallest absolute Gasteiger partial charge is 0.335 e. The molecule has 1 aliphatic heterocycles. The Morgan fingerprint density at radius 3 is 2.30 bits per heavy atom. The first kappa shape index (κ1) is 23.5. The van der Waals surface area contributed by atoms with Crippen LogP contribution in [0.25, 0.3) is 16.8 Å². The fourth-order valence-corrected chi connectivity index (χ4v) is 4.08. The lowest BCUT2D eigenvalue weighted by Crippen LogP contribution is -2.54. The molecule has 0 saturated carbocycles. The van der Waals surface area contributed by atoms with Gasteiger partial charge in [-0.25, -0.2) is 14.5 Å². The number of urea groups is 1. The van der Waals surface area contributed by atoms with E-state index in [0.717, 1.165) is 21.2 Å². The number of aromatic carboxylic acids is 1. The number of nitrogens with one attached hydrogen (secondary N) is 1. The number of rotatable bonds is 6. The lowest BCUT2D eigenvalue weighted by molar-refractivity contribution is -0.122. The minimum atomic E-state index is -1.14. The normalized spacial score (nSPS) is 14.6. The number of anilines is 1. The van der Waals surface area contributed by atoms with E-state index in [2.05, 4.69) is 5.32 Å². The van der Waals surface area contributed by atoms with Crippen LogP contribution in [0.15, 0.2) is 96.6 Å². The van der Waals surface area contributed by atoms with Crippen LogP contribution in [0, 0.1) is 0 Å². The summed E-state index contributed by atoms with van der Waals surface area (Å²) >= 11 is 0. The molecule has 0 unspecified atom stereocenters. The predicted octanol–water partition coefficient (Wildman–Crippen LogP) is 4.78.